The average Bonchev–Trinajstić information content (AvgIpc) is 2.08. The summed E-state index contributed by atoms with van der Waals surface area (Å²) in [4.78, 5) is 4.19. The molecule has 0 bridgehead atoms. The van der Waals surface area contributed by atoms with Gasteiger partial charge in [-0.25, -0.2) is 4.98 Å². The van der Waals surface area contributed by atoms with Crippen LogP contribution in [0.3, 0.4) is 0 Å². The first-order valence-corrected chi connectivity index (χ1v) is 3.64. The molecule has 2 N–H and O–H groups in total. The van der Waals surface area contributed by atoms with E-state index in [4.69, 9.17) is 10.2 Å². The zero-order chi connectivity index (χ0) is 8.65. The largest absolute Gasteiger partial charge is 0.426 e. The Morgan fingerprint density at radius 3 is 2.09 bits per heavy atom. The number of hydrogen-bond acceptors (Lipinski definition) is 3. The summed E-state index contributed by atoms with van der Waals surface area (Å²) in [6.07, 6.45) is 0. The molecule has 0 saturated heterocycles. The summed E-state index contributed by atoms with van der Waals surface area (Å²) in [5.41, 5.74) is 6.42. The quantitative estimate of drug-likeness (QED) is 0.620. The van der Waals surface area contributed by atoms with E-state index in [9.17, 15) is 0 Å². The Balaban J connectivity index is 3.13. The van der Waals surface area contributed by atoms with Crippen molar-refractivity contribution in [2.45, 2.75) is 33.1 Å². The summed E-state index contributed by atoms with van der Waals surface area (Å²) in [5, 5.41) is 0. The average molecular weight is 154 g/mol. The van der Waals surface area contributed by atoms with Crippen LogP contribution in [0.2, 0.25) is 0 Å². The number of aromatic nitrogens is 1. The van der Waals surface area contributed by atoms with Crippen molar-refractivity contribution < 1.29 is 4.42 Å². The van der Waals surface area contributed by atoms with Crippen molar-refractivity contribution >= 4 is 5.88 Å². The number of rotatable bonds is 0. The first kappa shape index (κ1) is 8.11. The van der Waals surface area contributed by atoms with Gasteiger partial charge in [0.05, 0.1) is 0 Å². The van der Waals surface area contributed by atoms with Gasteiger partial charge >= 0.3 is 0 Å². The van der Waals surface area contributed by atoms with E-state index in [0.29, 0.717) is 11.8 Å². The van der Waals surface area contributed by atoms with E-state index in [1.807, 2.05) is 0 Å². The van der Waals surface area contributed by atoms with Gasteiger partial charge in [-0.15, -0.1) is 0 Å². The minimum Gasteiger partial charge on any atom is -0.426 e. The molecule has 1 aromatic rings. The molecule has 0 aliphatic carbocycles. The second kappa shape index (κ2) is 2.26. The van der Waals surface area contributed by atoms with Gasteiger partial charge in [-0.3, -0.25) is 0 Å². The number of nitrogens with zero attached hydrogens (tertiary/aromatic N) is 1. The van der Waals surface area contributed by atoms with E-state index in [-0.39, 0.29) is 5.41 Å². The molecule has 0 radical (unpaired) electrons. The third-order valence-corrected chi connectivity index (χ3v) is 1.47. The van der Waals surface area contributed by atoms with E-state index in [2.05, 4.69) is 25.8 Å². The minimum absolute atomic E-state index is 0.0259. The third kappa shape index (κ3) is 1.53. The first-order chi connectivity index (χ1) is 4.91. The molecule has 0 aromatic carbocycles. The lowest BCUT2D eigenvalue weighted by atomic mass is 9.92. The highest BCUT2D eigenvalue weighted by molar-refractivity contribution is 5.35. The van der Waals surface area contributed by atoms with Crippen molar-refractivity contribution in [3.05, 3.63) is 11.6 Å². The monoisotopic (exact) mass is 154 g/mol. The van der Waals surface area contributed by atoms with Crippen molar-refractivity contribution in [2.75, 3.05) is 5.73 Å². The van der Waals surface area contributed by atoms with Gasteiger partial charge in [0.15, 0.2) is 5.89 Å². The predicted molar refractivity (Wildman–Crippen MR) is 44.4 cm³/mol. The molecule has 0 saturated carbocycles. The fourth-order valence-corrected chi connectivity index (χ4v) is 0.980. The molecule has 11 heavy (non-hydrogen) atoms. The smallest absolute Gasteiger partial charge is 0.214 e. The van der Waals surface area contributed by atoms with E-state index < -0.39 is 0 Å². The molecule has 62 valence electrons. The summed E-state index contributed by atoms with van der Waals surface area (Å²) in [6, 6.07) is 0. The Kier molecular flexibility index (Phi) is 1.66. The Morgan fingerprint density at radius 1 is 1.36 bits per heavy atom. The van der Waals surface area contributed by atoms with E-state index >= 15 is 0 Å². The molecule has 0 atom stereocenters. The molecule has 0 spiro atoms. The molecule has 0 unspecified atom stereocenters. The molecule has 0 aliphatic heterocycles. The second-order valence-electron chi connectivity index (χ2n) is 3.70. The lowest BCUT2D eigenvalue weighted by Gasteiger charge is -2.14. The summed E-state index contributed by atoms with van der Waals surface area (Å²) in [7, 11) is 0. The Labute approximate surface area is 66.6 Å². The van der Waals surface area contributed by atoms with Gasteiger partial charge in [0, 0.05) is 12.3 Å². The van der Waals surface area contributed by atoms with Crippen LogP contribution in [-0.2, 0) is 5.41 Å². The van der Waals surface area contributed by atoms with Crippen LogP contribution in [0.15, 0.2) is 4.42 Å². The Morgan fingerprint density at radius 2 is 1.91 bits per heavy atom. The summed E-state index contributed by atoms with van der Waals surface area (Å²) >= 11 is 0. The standard InChI is InChI=1S/C8H14N2O/c1-5-10-6(7(9)11-5)8(2,3)4/h9H2,1-4H3. The van der Waals surface area contributed by atoms with E-state index in [0.717, 1.165) is 5.69 Å². The third-order valence-electron chi connectivity index (χ3n) is 1.47. The van der Waals surface area contributed by atoms with Crippen LogP contribution in [0.25, 0.3) is 0 Å². The second-order valence-corrected chi connectivity index (χ2v) is 3.70. The molecule has 1 heterocycles. The molecule has 3 heteroatoms. The van der Waals surface area contributed by atoms with Crippen LogP contribution in [0.1, 0.15) is 32.4 Å². The van der Waals surface area contributed by atoms with Gasteiger partial charge in [-0.1, -0.05) is 20.8 Å². The van der Waals surface area contributed by atoms with Crippen LogP contribution < -0.4 is 5.73 Å². The number of aryl methyl sites for hydroxylation is 1. The zero-order valence-corrected chi connectivity index (χ0v) is 7.43. The summed E-state index contributed by atoms with van der Waals surface area (Å²) in [5.74, 6) is 1.07. The maximum Gasteiger partial charge on any atom is 0.214 e. The molecule has 1 aromatic heterocycles. The van der Waals surface area contributed by atoms with Gasteiger partial charge in [-0.2, -0.15) is 0 Å². The van der Waals surface area contributed by atoms with E-state index in [1.165, 1.54) is 0 Å². The number of nitrogens with two attached hydrogens (primary N) is 1. The molecule has 3 nitrogen and oxygen atoms in total. The van der Waals surface area contributed by atoms with Crippen LogP contribution in [0.4, 0.5) is 5.88 Å². The van der Waals surface area contributed by atoms with Crippen molar-refractivity contribution in [1.82, 2.24) is 4.98 Å². The van der Waals surface area contributed by atoms with Crippen LogP contribution in [0.5, 0.6) is 0 Å². The molecule has 0 fully saturated rings. The van der Waals surface area contributed by atoms with Crippen LogP contribution in [-0.4, -0.2) is 4.98 Å². The predicted octanol–water partition coefficient (Wildman–Crippen LogP) is 1.86. The number of oxazole rings is 1. The molecular formula is C8H14N2O. The number of nitrogen functional groups attached to an aromatic ring is 1. The van der Waals surface area contributed by atoms with Gasteiger partial charge in [0.25, 0.3) is 0 Å². The highest BCUT2D eigenvalue weighted by Crippen LogP contribution is 2.26. The normalized spacial score (nSPS) is 12.0. The number of anilines is 1. The molecule has 1 rings (SSSR count). The van der Waals surface area contributed by atoms with Gasteiger partial charge in [0.1, 0.15) is 5.69 Å². The highest BCUT2D eigenvalue weighted by Gasteiger charge is 2.21. The molecular weight excluding hydrogens is 140 g/mol. The maximum atomic E-state index is 5.60. The maximum absolute atomic E-state index is 5.60. The zero-order valence-electron chi connectivity index (χ0n) is 7.43. The van der Waals surface area contributed by atoms with E-state index in [1.54, 1.807) is 6.92 Å². The fraction of sp³-hybridized carbons (Fsp3) is 0.625. The van der Waals surface area contributed by atoms with Crippen molar-refractivity contribution in [2.24, 2.45) is 0 Å². The lowest BCUT2D eigenvalue weighted by Crippen LogP contribution is -2.13. The lowest BCUT2D eigenvalue weighted by molar-refractivity contribution is 0.534. The summed E-state index contributed by atoms with van der Waals surface area (Å²) < 4.78 is 5.11. The highest BCUT2D eigenvalue weighted by atomic mass is 16.4. The van der Waals surface area contributed by atoms with Gasteiger partial charge < -0.3 is 10.2 Å². The Bertz CT molecular complexity index is 258. The van der Waals surface area contributed by atoms with Crippen molar-refractivity contribution in [1.29, 1.82) is 0 Å². The van der Waals surface area contributed by atoms with Crippen molar-refractivity contribution in [3.8, 4) is 0 Å². The Hall–Kier alpha value is -0.990. The number of hydrogen-bond donors (Lipinski definition) is 1. The first-order valence-electron chi connectivity index (χ1n) is 3.64. The van der Waals surface area contributed by atoms with Crippen LogP contribution in [0, 0.1) is 6.92 Å². The SMILES string of the molecule is Cc1nc(C(C)(C)C)c(N)o1. The topological polar surface area (TPSA) is 52.0 Å². The minimum atomic E-state index is -0.0259. The van der Waals surface area contributed by atoms with Crippen molar-refractivity contribution in [3.63, 3.8) is 0 Å². The fourth-order valence-electron chi connectivity index (χ4n) is 0.980. The van der Waals surface area contributed by atoms with Gasteiger partial charge in [0.2, 0.25) is 5.88 Å². The molecule has 0 amide bonds. The van der Waals surface area contributed by atoms with Gasteiger partial charge in [-0.05, 0) is 0 Å². The summed E-state index contributed by atoms with van der Waals surface area (Å²) in [6.45, 7) is 7.97. The van der Waals surface area contributed by atoms with Crippen LogP contribution >= 0.6 is 0 Å². The molecule has 0 aliphatic rings.